The summed E-state index contributed by atoms with van der Waals surface area (Å²) in [5.41, 5.74) is 2.43. The van der Waals surface area contributed by atoms with Crippen molar-refractivity contribution in [3.05, 3.63) is 47.5 Å². The van der Waals surface area contributed by atoms with Gasteiger partial charge in [0.1, 0.15) is 13.2 Å². The van der Waals surface area contributed by atoms with Crippen molar-refractivity contribution in [3.8, 4) is 11.5 Å². The fourth-order valence-electron chi connectivity index (χ4n) is 3.95. The predicted octanol–water partition coefficient (Wildman–Crippen LogP) is 2.79. The van der Waals surface area contributed by atoms with E-state index in [2.05, 4.69) is 4.72 Å². The van der Waals surface area contributed by atoms with Crippen LogP contribution in [0.15, 0.2) is 41.3 Å². The predicted molar refractivity (Wildman–Crippen MR) is 109 cm³/mol. The van der Waals surface area contributed by atoms with Gasteiger partial charge >= 0.3 is 0 Å². The lowest BCUT2D eigenvalue weighted by atomic mass is 10.1. The molecule has 2 aromatic carbocycles. The van der Waals surface area contributed by atoms with Gasteiger partial charge in [-0.05, 0) is 61.7 Å². The molecule has 0 aliphatic carbocycles. The van der Waals surface area contributed by atoms with E-state index in [1.807, 2.05) is 13.0 Å². The molecule has 1 N–H and O–H groups in total. The van der Waals surface area contributed by atoms with Gasteiger partial charge in [-0.25, -0.2) is 13.1 Å². The lowest BCUT2D eigenvalue weighted by Gasteiger charge is -2.21. The number of fused-ring (bicyclic) bond motifs is 2. The van der Waals surface area contributed by atoms with Crippen LogP contribution in [0, 0.1) is 0 Å². The highest BCUT2D eigenvalue weighted by Gasteiger charge is 2.30. The van der Waals surface area contributed by atoms with E-state index in [4.69, 9.17) is 9.47 Å². The monoisotopic (exact) mass is 416 g/mol. The van der Waals surface area contributed by atoms with Crippen molar-refractivity contribution in [1.82, 2.24) is 4.72 Å². The minimum Gasteiger partial charge on any atom is -0.486 e. The van der Waals surface area contributed by atoms with Gasteiger partial charge in [0.15, 0.2) is 11.5 Å². The van der Waals surface area contributed by atoms with Crippen molar-refractivity contribution in [2.75, 3.05) is 18.1 Å². The zero-order valence-corrected chi connectivity index (χ0v) is 17.5. The molecule has 1 amide bonds. The molecule has 2 aliphatic rings. The lowest BCUT2D eigenvalue weighted by molar-refractivity contribution is -0.116. The summed E-state index contributed by atoms with van der Waals surface area (Å²) < 4.78 is 39.7. The van der Waals surface area contributed by atoms with Crippen LogP contribution >= 0.6 is 0 Å². The third-order valence-electron chi connectivity index (χ3n) is 5.31. The quantitative estimate of drug-likeness (QED) is 0.829. The number of nitrogens with one attached hydrogen (secondary N) is 1. The van der Waals surface area contributed by atoms with Crippen LogP contribution in [0.5, 0.6) is 11.5 Å². The topological polar surface area (TPSA) is 84.9 Å². The number of ether oxygens (including phenoxy) is 2. The summed E-state index contributed by atoms with van der Waals surface area (Å²) in [4.78, 5) is 13.8. The minimum atomic E-state index is -3.73. The van der Waals surface area contributed by atoms with Gasteiger partial charge in [-0.3, -0.25) is 4.79 Å². The van der Waals surface area contributed by atoms with Crippen LogP contribution in [0.3, 0.4) is 0 Å². The molecule has 29 heavy (non-hydrogen) atoms. The first-order valence-electron chi connectivity index (χ1n) is 9.61. The Kier molecular flexibility index (Phi) is 5.00. The molecule has 2 aliphatic heterocycles. The Balaban J connectivity index is 1.56. The van der Waals surface area contributed by atoms with Gasteiger partial charge in [0.05, 0.1) is 4.90 Å². The molecule has 154 valence electrons. The summed E-state index contributed by atoms with van der Waals surface area (Å²) >= 11 is 0. The van der Waals surface area contributed by atoms with Crippen LogP contribution in [-0.4, -0.2) is 33.6 Å². The van der Waals surface area contributed by atoms with Crippen molar-refractivity contribution < 1.29 is 22.7 Å². The molecule has 0 fully saturated rings. The Morgan fingerprint density at radius 1 is 1.14 bits per heavy atom. The number of hydrogen-bond donors (Lipinski definition) is 1. The normalized spacial score (nSPS) is 19.0. The molecule has 0 saturated heterocycles. The molecule has 7 nitrogen and oxygen atoms in total. The van der Waals surface area contributed by atoms with Gasteiger partial charge in [-0.2, -0.15) is 0 Å². The number of carbonyl (C=O) groups excluding carboxylic acids is 1. The average molecular weight is 416 g/mol. The lowest BCUT2D eigenvalue weighted by Crippen LogP contribution is -2.33. The molecule has 0 saturated carbocycles. The van der Waals surface area contributed by atoms with Crippen molar-refractivity contribution in [2.45, 2.75) is 44.2 Å². The standard InChI is InChI=1S/C21H24N2O5S/c1-13-10-17-11-18(5-6-19(17)23(13)15(3)24)29(25,26)22-14(2)16-4-7-20-21(12-16)28-9-8-27-20/h4-7,11-14,22H,8-10H2,1-3H3. The van der Waals surface area contributed by atoms with Crippen molar-refractivity contribution >= 4 is 21.6 Å². The highest BCUT2D eigenvalue weighted by molar-refractivity contribution is 7.89. The van der Waals surface area contributed by atoms with Crippen LogP contribution in [0.1, 0.15) is 37.9 Å². The number of nitrogens with zero attached hydrogens (tertiary/aromatic N) is 1. The fraction of sp³-hybridized carbons (Fsp3) is 0.381. The first kappa shape index (κ1) is 19.7. The number of sulfonamides is 1. The average Bonchev–Trinajstić information content (AvgIpc) is 3.02. The summed E-state index contributed by atoms with van der Waals surface area (Å²) in [6.45, 7) is 6.24. The van der Waals surface area contributed by atoms with E-state index in [0.29, 0.717) is 31.1 Å². The highest BCUT2D eigenvalue weighted by Crippen LogP contribution is 2.35. The Labute approximate surface area is 170 Å². The van der Waals surface area contributed by atoms with Gasteiger partial charge in [-0.1, -0.05) is 6.07 Å². The van der Waals surface area contributed by atoms with E-state index in [9.17, 15) is 13.2 Å². The number of carbonyl (C=O) groups is 1. The molecule has 0 aromatic heterocycles. The van der Waals surface area contributed by atoms with Gasteiger partial charge in [0.2, 0.25) is 15.9 Å². The molecule has 4 rings (SSSR count). The summed E-state index contributed by atoms with van der Waals surface area (Å²) in [6.07, 6.45) is 0.635. The van der Waals surface area contributed by atoms with Gasteiger partial charge in [0, 0.05) is 24.7 Å². The second-order valence-electron chi connectivity index (χ2n) is 7.48. The first-order valence-corrected chi connectivity index (χ1v) is 11.1. The first-order chi connectivity index (χ1) is 13.8. The second-order valence-corrected chi connectivity index (χ2v) is 9.19. The molecule has 2 unspecified atom stereocenters. The number of benzene rings is 2. The molecule has 0 bridgehead atoms. The molecule has 2 heterocycles. The largest absolute Gasteiger partial charge is 0.486 e. The molecule has 2 atom stereocenters. The van der Waals surface area contributed by atoms with Crippen molar-refractivity contribution in [3.63, 3.8) is 0 Å². The van der Waals surface area contributed by atoms with E-state index in [0.717, 1.165) is 16.8 Å². The number of hydrogen-bond acceptors (Lipinski definition) is 5. The summed E-state index contributed by atoms with van der Waals surface area (Å²) in [6, 6.07) is 9.92. The Morgan fingerprint density at radius 2 is 1.86 bits per heavy atom. The maximum atomic E-state index is 13.0. The summed E-state index contributed by atoms with van der Waals surface area (Å²) in [7, 11) is -3.73. The smallest absolute Gasteiger partial charge is 0.241 e. The summed E-state index contributed by atoms with van der Waals surface area (Å²) in [5, 5.41) is 0. The van der Waals surface area contributed by atoms with Gasteiger partial charge in [-0.15, -0.1) is 0 Å². The van der Waals surface area contributed by atoms with E-state index in [-0.39, 0.29) is 16.8 Å². The Morgan fingerprint density at radius 3 is 2.59 bits per heavy atom. The van der Waals surface area contributed by atoms with Crippen molar-refractivity contribution in [2.24, 2.45) is 0 Å². The van der Waals surface area contributed by atoms with E-state index in [1.165, 1.54) is 6.92 Å². The highest BCUT2D eigenvalue weighted by atomic mass is 32.2. The summed E-state index contributed by atoms with van der Waals surface area (Å²) in [5.74, 6) is 1.24. The Bertz CT molecular complexity index is 1070. The number of rotatable bonds is 4. The van der Waals surface area contributed by atoms with Crippen LogP contribution < -0.4 is 19.1 Å². The minimum absolute atomic E-state index is 0.0186. The van der Waals surface area contributed by atoms with Crippen LogP contribution in [-0.2, 0) is 21.2 Å². The number of amides is 1. The zero-order chi connectivity index (χ0) is 20.8. The molecule has 8 heteroatoms. The van der Waals surface area contributed by atoms with E-state index < -0.39 is 16.1 Å². The zero-order valence-electron chi connectivity index (χ0n) is 16.6. The van der Waals surface area contributed by atoms with Crippen molar-refractivity contribution in [1.29, 1.82) is 0 Å². The third kappa shape index (κ3) is 3.70. The SMILES string of the molecule is CC(=O)N1c2ccc(S(=O)(=O)NC(C)c3ccc4c(c3)OCCO4)cc2CC1C. The molecule has 2 aromatic rings. The Hall–Kier alpha value is -2.58. The van der Waals surface area contributed by atoms with Crippen LogP contribution in [0.25, 0.3) is 0 Å². The maximum absolute atomic E-state index is 13.0. The van der Waals surface area contributed by atoms with Gasteiger partial charge < -0.3 is 14.4 Å². The van der Waals surface area contributed by atoms with Crippen LogP contribution in [0.4, 0.5) is 5.69 Å². The molecule has 0 spiro atoms. The molecular formula is C21H24N2O5S. The maximum Gasteiger partial charge on any atom is 0.241 e. The van der Waals surface area contributed by atoms with Crippen LogP contribution in [0.2, 0.25) is 0 Å². The molecule has 0 radical (unpaired) electrons. The second kappa shape index (κ2) is 7.35. The fourth-order valence-corrected chi connectivity index (χ4v) is 5.23. The number of anilines is 1. The third-order valence-corrected chi connectivity index (χ3v) is 6.85. The molecular weight excluding hydrogens is 392 g/mol. The van der Waals surface area contributed by atoms with E-state index >= 15 is 0 Å². The van der Waals surface area contributed by atoms with Gasteiger partial charge in [0.25, 0.3) is 0 Å². The van der Waals surface area contributed by atoms with E-state index in [1.54, 1.807) is 42.2 Å².